The summed E-state index contributed by atoms with van der Waals surface area (Å²) in [6, 6.07) is 8.06. The highest BCUT2D eigenvalue weighted by atomic mass is 79.9. The molecule has 1 aromatic carbocycles. The van der Waals surface area contributed by atoms with Crippen LogP contribution in [-0.2, 0) is 0 Å². The van der Waals surface area contributed by atoms with Gasteiger partial charge in [0.25, 0.3) is 0 Å². The van der Waals surface area contributed by atoms with Crippen LogP contribution in [0.1, 0.15) is 0 Å². The van der Waals surface area contributed by atoms with E-state index in [0.29, 0.717) is 0 Å². The Morgan fingerprint density at radius 2 is 1.36 bits per heavy atom. The van der Waals surface area contributed by atoms with Crippen LogP contribution in [0.5, 0.6) is 0 Å². The minimum absolute atomic E-state index is 1.05. The van der Waals surface area contributed by atoms with Crippen molar-refractivity contribution >= 4 is 47.8 Å². The van der Waals surface area contributed by atoms with Gasteiger partial charge in [-0.3, -0.25) is 0 Å². The lowest BCUT2D eigenvalue weighted by molar-refractivity contribution is 1.06. The summed E-state index contributed by atoms with van der Waals surface area (Å²) in [5.41, 5.74) is 1.11. The van der Waals surface area contributed by atoms with Crippen molar-refractivity contribution in [3.05, 3.63) is 50.1 Å². The SMILES string of the molecule is Brc1cc(Br)c(-n2cccc2)c(Br)c1. The second kappa shape index (κ2) is 4.21. The van der Waals surface area contributed by atoms with E-state index in [0.717, 1.165) is 19.1 Å². The first-order chi connectivity index (χ1) is 6.68. The fourth-order valence-corrected chi connectivity index (χ4v) is 3.93. The Hall–Kier alpha value is -0.0600. The molecule has 0 amide bonds. The first kappa shape index (κ1) is 10.5. The van der Waals surface area contributed by atoms with Crippen molar-refractivity contribution in [2.45, 2.75) is 0 Å². The number of benzene rings is 1. The molecule has 0 unspecified atom stereocenters. The monoisotopic (exact) mass is 377 g/mol. The molecule has 1 nitrogen and oxygen atoms in total. The van der Waals surface area contributed by atoms with Crippen molar-refractivity contribution in [2.75, 3.05) is 0 Å². The lowest BCUT2D eigenvalue weighted by Gasteiger charge is -2.09. The summed E-state index contributed by atoms with van der Waals surface area (Å²) in [4.78, 5) is 0. The van der Waals surface area contributed by atoms with Gasteiger partial charge in [0.05, 0.1) is 5.69 Å². The molecule has 0 fully saturated rings. The predicted molar refractivity (Wildman–Crippen MR) is 68.9 cm³/mol. The van der Waals surface area contributed by atoms with Gasteiger partial charge in [-0.25, -0.2) is 0 Å². The number of hydrogen-bond acceptors (Lipinski definition) is 0. The van der Waals surface area contributed by atoms with E-state index in [1.807, 2.05) is 36.7 Å². The molecule has 0 aliphatic rings. The molecule has 4 heteroatoms. The Bertz CT molecular complexity index is 425. The average Bonchev–Trinajstić information content (AvgIpc) is 2.54. The highest BCUT2D eigenvalue weighted by Gasteiger charge is 2.07. The van der Waals surface area contributed by atoms with Gasteiger partial charge in [0.15, 0.2) is 0 Å². The molecule has 72 valence electrons. The second-order valence-electron chi connectivity index (χ2n) is 2.81. The third-order valence-corrected chi connectivity index (χ3v) is 3.51. The van der Waals surface area contributed by atoms with Crippen molar-refractivity contribution in [3.63, 3.8) is 0 Å². The van der Waals surface area contributed by atoms with E-state index >= 15 is 0 Å². The first-order valence-electron chi connectivity index (χ1n) is 3.96. The summed E-state index contributed by atoms with van der Waals surface area (Å²) in [5.74, 6) is 0. The van der Waals surface area contributed by atoms with Crippen molar-refractivity contribution < 1.29 is 0 Å². The van der Waals surface area contributed by atoms with E-state index in [-0.39, 0.29) is 0 Å². The number of hydrogen-bond donors (Lipinski definition) is 0. The molecule has 0 atom stereocenters. The zero-order valence-corrected chi connectivity index (χ0v) is 11.8. The molecule has 2 aromatic rings. The van der Waals surface area contributed by atoms with Crippen LogP contribution in [-0.4, -0.2) is 4.57 Å². The van der Waals surface area contributed by atoms with Gasteiger partial charge in [0, 0.05) is 25.8 Å². The zero-order chi connectivity index (χ0) is 10.1. The molecule has 1 aromatic heterocycles. The van der Waals surface area contributed by atoms with Crippen LogP contribution >= 0.6 is 47.8 Å². The van der Waals surface area contributed by atoms with Crippen LogP contribution < -0.4 is 0 Å². The minimum Gasteiger partial charge on any atom is -0.322 e. The maximum absolute atomic E-state index is 3.54. The van der Waals surface area contributed by atoms with Crippen molar-refractivity contribution in [1.29, 1.82) is 0 Å². The molecule has 0 aliphatic heterocycles. The van der Waals surface area contributed by atoms with E-state index in [1.165, 1.54) is 0 Å². The van der Waals surface area contributed by atoms with Crippen LogP contribution in [0.15, 0.2) is 50.1 Å². The van der Waals surface area contributed by atoms with Crippen molar-refractivity contribution in [3.8, 4) is 5.69 Å². The van der Waals surface area contributed by atoms with Crippen LogP contribution in [0.3, 0.4) is 0 Å². The van der Waals surface area contributed by atoms with Crippen molar-refractivity contribution in [1.82, 2.24) is 4.57 Å². The Morgan fingerprint density at radius 1 is 0.857 bits per heavy atom. The average molecular weight is 380 g/mol. The molecule has 0 saturated heterocycles. The van der Waals surface area contributed by atoms with Gasteiger partial charge in [-0.1, -0.05) is 15.9 Å². The number of aromatic nitrogens is 1. The fraction of sp³-hybridized carbons (Fsp3) is 0. The quantitative estimate of drug-likeness (QED) is 0.673. The summed E-state index contributed by atoms with van der Waals surface area (Å²) >= 11 is 10.5. The van der Waals surface area contributed by atoms with E-state index in [2.05, 4.69) is 52.4 Å². The smallest absolute Gasteiger partial charge is 0.0736 e. The van der Waals surface area contributed by atoms with Crippen LogP contribution in [0.4, 0.5) is 0 Å². The van der Waals surface area contributed by atoms with Gasteiger partial charge in [0.1, 0.15) is 0 Å². The van der Waals surface area contributed by atoms with Gasteiger partial charge >= 0.3 is 0 Å². The zero-order valence-electron chi connectivity index (χ0n) is 7.05. The third kappa shape index (κ3) is 1.97. The molecule has 0 aliphatic carbocycles. The Kier molecular flexibility index (Phi) is 3.14. The Morgan fingerprint density at radius 3 is 1.86 bits per heavy atom. The second-order valence-corrected chi connectivity index (χ2v) is 5.43. The Labute approximate surface area is 108 Å². The summed E-state index contributed by atoms with van der Waals surface area (Å²) in [6.45, 7) is 0. The molecule has 0 bridgehead atoms. The number of rotatable bonds is 1. The normalized spacial score (nSPS) is 10.5. The Balaban J connectivity index is 2.64. The van der Waals surface area contributed by atoms with E-state index < -0.39 is 0 Å². The summed E-state index contributed by atoms with van der Waals surface area (Å²) in [5, 5.41) is 0. The van der Waals surface area contributed by atoms with Gasteiger partial charge in [-0.2, -0.15) is 0 Å². The number of nitrogens with zero attached hydrogens (tertiary/aromatic N) is 1. The van der Waals surface area contributed by atoms with Crippen molar-refractivity contribution in [2.24, 2.45) is 0 Å². The standard InChI is InChI=1S/C10H6Br3N/c11-7-5-8(12)10(9(13)6-7)14-3-1-2-4-14/h1-6H. The number of halogens is 3. The van der Waals surface area contributed by atoms with E-state index in [9.17, 15) is 0 Å². The topological polar surface area (TPSA) is 4.93 Å². The molecule has 14 heavy (non-hydrogen) atoms. The highest BCUT2D eigenvalue weighted by Crippen LogP contribution is 2.32. The van der Waals surface area contributed by atoms with Gasteiger partial charge in [-0.15, -0.1) is 0 Å². The molecular formula is C10H6Br3N. The lowest BCUT2D eigenvalue weighted by atomic mass is 10.3. The third-order valence-electron chi connectivity index (χ3n) is 1.84. The maximum Gasteiger partial charge on any atom is 0.0736 e. The summed E-state index contributed by atoms with van der Waals surface area (Å²) < 4.78 is 5.21. The molecule has 0 N–H and O–H groups in total. The predicted octanol–water partition coefficient (Wildman–Crippen LogP) is 4.76. The minimum atomic E-state index is 1.05. The van der Waals surface area contributed by atoms with Gasteiger partial charge < -0.3 is 4.57 Å². The molecule has 1 heterocycles. The van der Waals surface area contributed by atoms with Crippen LogP contribution in [0.25, 0.3) is 5.69 Å². The maximum atomic E-state index is 3.54. The molecule has 0 radical (unpaired) electrons. The summed E-state index contributed by atoms with van der Waals surface area (Å²) in [7, 11) is 0. The molecule has 2 rings (SSSR count). The van der Waals surface area contributed by atoms with E-state index in [4.69, 9.17) is 0 Å². The summed E-state index contributed by atoms with van der Waals surface area (Å²) in [6.07, 6.45) is 4.03. The van der Waals surface area contributed by atoms with Gasteiger partial charge in [0.2, 0.25) is 0 Å². The lowest BCUT2D eigenvalue weighted by Crippen LogP contribution is -1.92. The highest BCUT2D eigenvalue weighted by molar-refractivity contribution is 9.11. The van der Waals surface area contributed by atoms with E-state index in [1.54, 1.807) is 0 Å². The van der Waals surface area contributed by atoms with Crippen LogP contribution in [0.2, 0.25) is 0 Å². The van der Waals surface area contributed by atoms with Gasteiger partial charge in [-0.05, 0) is 56.1 Å². The fourth-order valence-electron chi connectivity index (χ4n) is 1.26. The van der Waals surface area contributed by atoms with Crippen LogP contribution in [0, 0.1) is 0 Å². The first-order valence-corrected chi connectivity index (χ1v) is 6.34. The molecule has 0 spiro atoms. The molecule has 0 saturated carbocycles. The molecular weight excluding hydrogens is 374 g/mol. The largest absolute Gasteiger partial charge is 0.322 e.